The van der Waals surface area contributed by atoms with Crippen LogP contribution in [0.5, 0.6) is 11.5 Å². The van der Waals surface area contributed by atoms with Crippen molar-refractivity contribution in [2.45, 2.75) is 27.7 Å². The Kier molecular flexibility index (Phi) is 3.79. The van der Waals surface area contributed by atoms with Gasteiger partial charge in [-0.2, -0.15) is 0 Å². The van der Waals surface area contributed by atoms with Crippen molar-refractivity contribution >= 4 is 5.97 Å². The molecule has 0 heterocycles. The van der Waals surface area contributed by atoms with Crippen molar-refractivity contribution in [1.82, 2.24) is 0 Å². The summed E-state index contributed by atoms with van der Waals surface area (Å²) in [5.41, 5.74) is 3.63. The Morgan fingerprint density at radius 2 is 1.40 bits per heavy atom. The highest BCUT2D eigenvalue weighted by molar-refractivity contribution is 5.92. The van der Waals surface area contributed by atoms with Crippen LogP contribution in [0.25, 0.3) is 0 Å². The van der Waals surface area contributed by atoms with Gasteiger partial charge in [0, 0.05) is 0 Å². The number of para-hydroxylation sites is 1. The van der Waals surface area contributed by atoms with Crippen LogP contribution in [-0.4, -0.2) is 11.1 Å². The first-order valence-corrected chi connectivity index (χ1v) is 6.50. The Morgan fingerprint density at radius 3 is 1.85 bits per heavy atom. The average Bonchev–Trinajstić information content (AvgIpc) is 2.42. The predicted octanol–water partition coefficient (Wildman–Crippen LogP) is 4.41. The maximum Gasteiger partial charge on any atom is 0.336 e. The number of carbonyl (C=O) groups is 1. The quantitative estimate of drug-likeness (QED) is 0.898. The van der Waals surface area contributed by atoms with Gasteiger partial charge in [-0.3, -0.25) is 0 Å². The van der Waals surface area contributed by atoms with Gasteiger partial charge in [-0.05, 0) is 62.1 Å². The van der Waals surface area contributed by atoms with Crippen molar-refractivity contribution in [3.63, 3.8) is 0 Å². The molecule has 0 spiro atoms. The fourth-order valence-corrected chi connectivity index (χ4v) is 2.36. The smallest absolute Gasteiger partial charge is 0.336 e. The van der Waals surface area contributed by atoms with Gasteiger partial charge in [-0.15, -0.1) is 0 Å². The average molecular weight is 270 g/mol. The zero-order valence-corrected chi connectivity index (χ0v) is 12.2. The van der Waals surface area contributed by atoms with E-state index in [9.17, 15) is 9.90 Å². The van der Waals surface area contributed by atoms with Crippen molar-refractivity contribution in [3.05, 3.63) is 58.1 Å². The van der Waals surface area contributed by atoms with Gasteiger partial charge < -0.3 is 9.84 Å². The topological polar surface area (TPSA) is 46.5 Å². The molecule has 1 N–H and O–H groups in total. The van der Waals surface area contributed by atoms with E-state index in [1.54, 1.807) is 0 Å². The molecule has 2 aromatic rings. The lowest BCUT2D eigenvalue weighted by Crippen LogP contribution is -2.08. The Bertz CT molecular complexity index is 629. The summed E-state index contributed by atoms with van der Waals surface area (Å²) in [5, 5.41) is 9.34. The lowest BCUT2D eigenvalue weighted by atomic mass is 9.93. The van der Waals surface area contributed by atoms with Crippen LogP contribution >= 0.6 is 0 Å². The molecule has 0 atom stereocenters. The van der Waals surface area contributed by atoms with E-state index in [0.717, 1.165) is 33.8 Å². The van der Waals surface area contributed by atoms with E-state index in [1.807, 2.05) is 58.0 Å². The molecule has 0 saturated carbocycles. The Balaban J connectivity index is 2.58. The van der Waals surface area contributed by atoms with Crippen molar-refractivity contribution in [3.8, 4) is 11.5 Å². The van der Waals surface area contributed by atoms with Gasteiger partial charge in [0.2, 0.25) is 0 Å². The number of carboxylic acid groups (broad SMARTS) is 1. The number of carboxylic acids is 1. The zero-order chi connectivity index (χ0) is 14.9. The van der Waals surface area contributed by atoms with E-state index in [2.05, 4.69) is 0 Å². The van der Waals surface area contributed by atoms with Crippen LogP contribution in [0.15, 0.2) is 30.3 Å². The lowest BCUT2D eigenvalue weighted by Gasteiger charge is -2.18. The van der Waals surface area contributed by atoms with Gasteiger partial charge in [0.25, 0.3) is 0 Å². The molecule has 104 valence electrons. The van der Waals surface area contributed by atoms with E-state index >= 15 is 0 Å². The number of ether oxygens (including phenoxy) is 1. The second kappa shape index (κ2) is 5.37. The molecule has 0 aliphatic heterocycles. The van der Waals surface area contributed by atoms with Crippen molar-refractivity contribution in [1.29, 1.82) is 0 Å². The summed E-state index contributed by atoms with van der Waals surface area (Å²) in [4.78, 5) is 11.4. The van der Waals surface area contributed by atoms with E-state index in [0.29, 0.717) is 5.56 Å². The maximum absolute atomic E-state index is 11.4. The number of aromatic carboxylic acids is 1. The first-order valence-electron chi connectivity index (χ1n) is 6.50. The first-order chi connectivity index (χ1) is 9.43. The minimum atomic E-state index is -0.891. The van der Waals surface area contributed by atoms with Crippen molar-refractivity contribution < 1.29 is 14.6 Å². The predicted molar refractivity (Wildman–Crippen MR) is 78.9 cm³/mol. The van der Waals surface area contributed by atoms with Gasteiger partial charge in [0.1, 0.15) is 11.5 Å². The molecule has 0 aliphatic rings. The summed E-state index contributed by atoms with van der Waals surface area (Å²) in [5.74, 6) is 0.606. The number of hydrogen-bond donors (Lipinski definition) is 1. The third kappa shape index (κ3) is 2.39. The summed E-state index contributed by atoms with van der Waals surface area (Å²) in [7, 11) is 0. The van der Waals surface area contributed by atoms with Crippen molar-refractivity contribution in [2.24, 2.45) is 0 Å². The molecular weight excluding hydrogens is 252 g/mol. The Labute approximate surface area is 118 Å². The molecule has 0 fully saturated rings. The van der Waals surface area contributed by atoms with Gasteiger partial charge in [0.05, 0.1) is 5.56 Å². The molecule has 3 heteroatoms. The molecule has 2 rings (SSSR count). The molecule has 0 saturated heterocycles. The molecule has 20 heavy (non-hydrogen) atoms. The fourth-order valence-electron chi connectivity index (χ4n) is 2.36. The zero-order valence-electron chi connectivity index (χ0n) is 12.2. The van der Waals surface area contributed by atoms with Crippen LogP contribution in [0.1, 0.15) is 32.6 Å². The summed E-state index contributed by atoms with van der Waals surface area (Å²) in [6, 6.07) is 9.51. The van der Waals surface area contributed by atoms with E-state index in [-0.39, 0.29) is 0 Å². The summed E-state index contributed by atoms with van der Waals surface area (Å²) in [6.07, 6.45) is 0. The Hall–Kier alpha value is -2.29. The third-order valence-corrected chi connectivity index (χ3v) is 3.73. The SMILES string of the molecule is Cc1c(C)c(C(=O)O)c(C)c(C)c1Oc1ccccc1. The van der Waals surface area contributed by atoms with Crippen LogP contribution in [0, 0.1) is 27.7 Å². The lowest BCUT2D eigenvalue weighted by molar-refractivity contribution is 0.0695. The minimum absolute atomic E-state index is 0.375. The largest absolute Gasteiger partial charge is 0.478 e. The highest BCUT2D eigenvalue weighted by Crippen LogP contribution is 2.35. The second-order valence-corrected chi connectivity index (χ2v) is 4.92. The molecular formula is C17H18O3. The highest BCUT2D eigenvalue weighted by Gasteiger charge is 2.20. The monoisotopic (exact) mass is 270 g/mol. The standard InChI is InChI=1S/C17H18O3/c1-10-12(3)16(20-14-8-6-5-7-9-14)13(4)11(2)15(10)17(18)19/h5-9H,1-4H3,(H,18,19). The van der Waals surface area contributed by atoms with Gasteiger partial charge in [-0.1, -0.05) is 18.2 Å². The number of benzene rings is 2. The van der Waals surface area contributed by atoms with Crippen LogP contribution in [0.3, 0.4) is 0 Å². The number of rotatable bonds is 3. The molecule has 0 aromatic heterocycles. The minimum Gasteiger partial charge on any atom is -0.478 e. The van der Waals surface area contributed by atoms with Crippen LogP contribution in [0.2, 0.25) is 0 Å². The Morgan fingerprint density at radius 1 is 0.900 bits per heavy atom. The molecule has 0 bridgehead atoms. The van der Waals surface area contributed by atoms with E-state index in [4.69, 9.17) is 4.74 Å². The number of hydrogen-bond acceptors (Lipinski definition) is 2. The maximum atomic E-state index is 11.4. The van der Waals surface area contributed by atoms with Crippen molar-refractivity contribution in [2.75, 3.05) is 0 Å². The molecule has 3 nitrogen and oxygen atoms in total. The normalized spacial score (nSPS) is 10.4. The summed E-state index contributed by atoms with van der Waals surface area (Å²) >= 11 is 0. The van der Waals surface area contributed by atoms with Crippen LogP contribution in [-0.2, 0) is 0 Å². The van der Waals surface area contributed by atoms with E-state index in [1.165, 1.54) is 0 Å². The van der Waals surface area contributed by atoms with Gasteiger partial charge >= 0.3 is 5.97 Å². The van der Waals surface area contributed by atoms with Crippen LogP contribution < -0.4 is 4.74 Å². The highest BCUT2D eigenvalue weighted by atomic mass is 16.5. The summed E-state index contributed by atoms with van der Waals surface area (Å²) < 4.78 is 5.94. The molecule has 0 unspecified atom stereocenters. The van der Waals surface area contributed by atoms with E-state index < -0.39 is 5.97 Å². The molecule has 2 aromatic carbocycles. The van der Waals surface area contributed by atoms with Gasteiger partial charge in [-0.25, -0.2) is 4.79 Å². The van der Waals surface area contributed by atoms with Crippen LogP contribution in [0.4, 0.5) is 0 Å². The summed E-state index contributed by atoms with van der Waals surface area (Å²) in [6.45, 7) is 7.44. The fraction of sp³-hybridized carbons (Fsp3) is 0.235. The molecule has 0 aliphatic carbocycles. The second-order valence-electron chi connectivity index (χ2n) is 4.92. The molecule has 0 radical (unpaired) electrons. The molecule has 0 amide bonds. The third-order valence-electron chi connectivity index (χ3n) is 3.73. The first kappa shape index (κ1) is 14.1. The van der Waals surface area contributed by atoms with Gasteiger partial charge in [0.15, 0.2) is 0 Å².